The highest BCUT2D eigenvalue weighted by Crippen LogP contribution is 2.22. The predicted molar refractivity (Wildman–Crippen MR) is 106 cm³/mol. The summed E-state index contributed by atoms with van der Waals surface area (Å²) >= 11 is 0. The van der Waals surface area contributed by atoms with Crippen LogP contribution in [0.15, 0.2) is 57.8 Å². The smallest absolute Gasteiger partial charge is 0.343 e. The van der Waals surface area contributed by atoms with Gasteiger partial charge in [-0.25, -0.2) is 4.79 Å². The van der Waals surface area contributed by atoms with Gasteiger partial charge in [0.2, 0.25) is 0 Å². The molecule has 0 aliphatic rings. The Labute approximate surface area is 170 Å². The number of carbonyl (C=O) groups excluding carboxylic acids is 1. The fourth-order valence-corrected chi connectivity index (χ4v) is 2.92. The van der Waals surface area contributed by atoms with Crippen molar-refractivity contribution < 1.29 is 18.8 Å². The van der Waals surface area contributed by atoms with Crippen LogP contribution in [0.2, 0.25) is 0 Å². The molecule has 2 aromatic carbocycles. The number of carbonyl (C=O) groups is 1. The van der Waals surface area contributed by atoms with Crippen molar-refractivity contribution in [3.8, 4) is 5.75 Å². The summed E-state index contributed by atoms with van der Waals surface area (Å²) in [6, 6.07) is 13.5. The highest BCUT2D eigenvalue weighted by Gasteiger charge is 2.17. The minimum atomic E-state index is -0.647. The zero-order valence-electron chi connectivity index (χ0n) is 16.4. The maximum absolute atomic E-state index is 12.6. The van der Waals surface area contributed by atoms with Crippen molar-refractivity contribution in [2.75, 3.05) is 0 Å². The van der Waals surface area contributed by atoms with Gasteiger partial charge in [0.15, 0.2) is 6.73 Å². The molecule has 0 fully saturated rings. The number of hydrogen-bond donors (Lipinski definition) is 0. The van der Waals surface area contributed by atoms with Crippen LogP contribution in [0.4, 0.5) is 0 Å². The lowest BCUT2D eigenvalue weighted by Crippen LogP contribution is -2.26. The van der Waals surface area contributed by atoms with Crippen LogP contribution in [0.5, 0.6) is 5.75 Å². The summed E-state index contributed by atoms with van der Waals surface area (Å²) in [4.78, 5) is 25.1. The van der Waals surface area contributed by atoms with Crippen LogP contribution in [0, 0.1) is 13.8 Å². The monoisotopic (exact) mass is 406 g/mol. The van der Waals surface area contributed by atoms with Gasteiger partial charge in [0, 0.05) is 0 Å². The van der Waals surface area contributed by atoms with Crippen molar-refractivity contribution in [1.82, 2.24) is 20.2 Å². The molecule has 0 saturated carbocycles. The van der Waals surface area contributed by atoms with Crippen LogP contribution in [0.3, 0.4) is 0 Å². The molecule has 2 heterocycles. The highest BCUT2D eigenvalue weighted by atomic mass is 16.5. The third-order valence-corrected chi connectivity index (χ3v) is 4.61. The van der Waals surface area contributed by atoms with Gasteiger partial charge in [0.05, 0.1) is 16.6 Å². The van der Waals surface area contributed by atoms with Gasteiger partial charge in [0.25, 0.3) is 5.56 Å². The predicted octanol–water partition coefficient (Wildman–Crippen LogP) is 2.79. The number of para-hydroxylation sites is 1. The molecule has 30 heavy (non-hydrogen) atoms. The Kier molecular flexibility index (Phi) is 5.25. The van der Waals surface area contributed by atoms with Crippen molar-refractivity contribution >= 4 is 16.9 Å². The second-order valence-corrected chi connectivity index (χ2v) is 6.56. The second-order valence-electron chi connectivity index (χ2n) is 6.56. The first-order valence-corrected chi connectivity index (χ1v) is 9.18. The molecule has 2 aromatic heterocycles. The van der Waals surface area contributed by atoms with E-state index in [1.54, 1.807) is 55.5 Å². The minimum absolute atomic E-state index is 0.196. The molecule has 4 rings (SSSR count). The molecule has 0 aliphatic carbocycles. The number of aromatic nitrogens is 4. The number of fused-ring (bicyclic) bond motifs is 1. The van der Waals surface area contributed by atoms with Crippen LogP contribution < -0.4 is 10.3 Å². The van der Waals surface area contributed by atoms with Gasteiger partial charge in [-0.05, 0) is 38.1 Å². The van der Waals surface area contributed by atoms with Crippen molar-refractivity contribution in [3.05, 3.63) is 81.5 Å². The van der Waals surface area contributed by atoms with Crippen LogP contribution in [0.1, 0.15) is 27.4 Å². The molecule has 0 amide bonds. The molecule has 0 atom stereocenters. The Hall–Kier alpha value is -4.01. The van der Waals surface area contributed by atoms with Crippen LogP contribution in [-0.4, -0.2) is 26.1 Å². The summed E-state index contributed by atoms with van der Waals surface area (Å²) in [6.45, 7) is 3.44. The number of hydrogen-bond acceptors (Lipinski definition) is 8. The third kappa shape index (κ3) is 3.77. The van der Waals surface area contributed by atoms with Gasteiger partial charge in [-0.15, -0.1) is 5.10 Å². The maximum Gasteiger partial charge on any atom is 0.343 e. The molecule has 4 aromatic rings. The Morgan fingerprint density at radius 3 is 2.67 bits per heavy atom. The first-order valence-electron chi connectivity index (χ1n) is 9.18. The van der Waals surface area contributed by atoms with Crippen molar-refractivity contribution in [3.63, 3.8) is 0 Å². The van der Waals surface area contributed by atoms with E-state index in [0.29, 0.717) is 22.4 Å². The average Bonchev–Trinajstić information content (AvgIpc) is 3.09. The number of benzene rings is 2. The Morgan fingerprint density at radius 1 is 1.10 bits per heavy atom. The van der Waals surface area contributed by atoms with Crippen molar-refractivity contribution in [1.29, 1.82) is 0 Å². The molecule has 0 unspecified atom stereocenters. The standard InChI is InChI=1S/C21H18N4O5/c1-13-17(14(2)30-23-13)11-28-19-10-6-4-8-16(19)21(27)29-12-25-20(26)15-7-3-5-9-18(15)22-24-25/h3-10H,11-12H2,1-2H3. The van der Waals surface area contributed by atoms with Crippen molar-refractivity contribution in [2.24, 2.45) is 0 Å². The lowest BCUT2D eigenvalue weighted by molar-refractivity contribution is 0.0331. The summed E-state index contributed by atoms with van der Waals surface area (Å²) in [5.41, 5.74) is 1.85. The van der Waals surface area contributed by atoms with Crippen molar-refractivity contribution in [2.45, 2.75) is 27.2 Å². The Bertz CT molecular complexity index is 1260. The lowest BCUT2D eigenvalue weighted by atomic mass is 10.2. The molecule has 0 bridgehead atoms. The van der Waals surface area contributed by atoms with Gasteiger partial charge in [0.1, 0.15) is 29.2 Å². The van der Waals surface area contributed by atoms with Crippen LogP contribution in [-0.2, 0) is 18.1 Å². The second kappa shape index (κ2) is 8.16. The molecule has 152 valence electrons. The van der Waals surface area contributed by atoms with Gasteiger partial charge < -0.3 is 14.0 Å². The minimum Gasteiger partial charge on any atom is -0.488 e. The van der Waals surface area contributed by atoms with Crippen LogP contribution >= 0.6 is 0 Å². The topological polar surface area (TPSA) is 109 Å². The summed E-state index contributed by atoms with van der Waals surface area (Å²) in [5, 5.41) is 12.1. The Morgan fingerprint density at radius 2 is 1.87 bits per heavy atom. The largest absolute Gasteiger partial charge is 0.488 e. The van der Waals surface area contributed by atoms with E-state index in [-0.39, 0.29) is 18.9 Å². The quantitative estimate of drug-likeness (QED) is 0.450. The first-order chi connectivity index (χ1) is 14.5. The highest BCUT2D eigenvalue weighted by molar-refractivity contribution is 5.92. The zero-order valence-corrected chi connectivity index (χ0v) is 16.4. The molecule has 9 nitrogen and oxygen atoms in total. The van der Waals surface area contributed by atoms with E-state index in [0.717, 1.165) is 15.9 Å². The SMILES string of the molecule is Cc1noc(C)c1COc1ccccc1C(=O)OCn1nnc2ccccc2c1=O. The normalized spacial score (nSPS) is 10.9. The van der Waals surface area contributed by atoms with Gasteiger partial charge in [-0.2, -0.15) is 4.68 Å². The molecule has 0 aliphatic heterocycles. The van der Waals surface area contributed by atoms with E-state index in [9.17, 15) is 9.59 Å². The first kappa shape index (κ1) is 19.3. The average molecular weight is 406 g/mol. The number of rotatable bonds is 6. The molecular formula is C21H18N4O5. The molecule has 0 spiro atoms. The van der Waals surface area contributed by atoms with E-state index in [1.165, 1.54) is 0 Å². The van der Waals surface area contributed by atoms with Gasteiger partial charge >= 0.3 is 5.97 Å². The summed E-state index contributed by atoms with van der Waals surface area (Å²) in [7, 11) is 0. The zero-order chi connectivity index (χ0) is 21.1. The number of aryl methyl sites for hydroxylation is 2. The summed E-state index contributed by atoms with van der Waals surface area (Å²) < 4.78 is 17.2. The number of ether oxygens (including phenoxy) is 2. The van der Waals surface area contributed by atoms with E-state index in [2.05, 4.69) is 15.5 Å². The van der Waals surface area contributed by atoms with Crippen LogP contribution in [0.25, 0.3) is 10.9 Å². The van der Waals surface area contributed by atoms with E-state index >= 15 is 0 Å². The molecule has 9 heteroatoms. The van der Waals surface area contributed by atoms with Gasteiger partial charge in [-0.3, -0.25) is 4.79 Å². The van der Waals surface area contributed by atoms with E-state index < -0.39 is 11.5 Å². The number of esters is 1. The van der Waals surface area contributed by atoms with E-state index in [1.807, 2.05) is 6.92 Å². The maximum atomic E-state index is 12.6. The molecule has 0 saturated heterocycles. The van der Waals surface area contributed by atoms with Gasteiger partial charge in [-0.1, -0.05) is 34.6 Å². The lowest BCUT2D eigenvalue weighted by Gasteiger charge is -2.11. The third-order valence-electron chi connectivity index (χ3n) is 4.61. The fourth-order valence-electron chi connectivity index (χ4n) is 2.92. The van der Waals surface area contributed by atoms with E-state index in [4.69, 9.17) is 14.0 Å². The summed E-state index contributed by atoms with van der Waals surface area (Å²) in [6.07, 6.45) is 0. The fraction of sp³-hybridized carbons (Fsp3) is 0.190. The molecular weight excluding hydrogens is 388 g/mol. The number of nitrogens with zero attached hydrogens (tertiary/aromatic N) is 4. The molecule has 0 N–H and O–H groups in total. The summed E-state index contributed by atoms with van der Waals surface area (Å²) in [5.74, 6) is 0.354. The molecule has 0 radical (unpaired) electrons. The Balaban J connectivity index is 1.49.